The van der Waals surface area contributed by atoms with Gasteiger partial charge < -0.3 is 15.5 Å². The van der Waals surface area contributed by atoms with Gasteiger partial charge in [-0.15, -0.1) is 0 Å². The fourth-order valence-electron chi connectivity index (χ4n) is 3.32. The number of likely N-dealkylation sites (N-methyl/N-ethyl adjacent to an activating group) is 1. The molecule has 3 rings (SSSR count). The zero-order valence-electron chi connectivity index (χ0n) is 12.1. The van der Waals surface area contributed by atoms with Crippen LogP contribution in [0.4, 0.5) is 0 Å². The maximum absolute atomic E-state index is 12.6. The number of nitrogens with one attached hydrogen (secondary N) is 2. The van der Waals surface area contributed by atoms with Crippen LogP contribution in [-0.4, -0.2) is 43.5 Å². The molecule has 2 N–H and O–H groups in total. The Balaban J connectivity index is 1.69. The van der Waals surface area contributed by atoms with Crippen LogP contribution in [0, 0.1) is 0 Å². The second kappa shape index (κ2) is 5.94. The standard InChI is InChI=1S/C16H23N3O/c1-19-8-4-6-13(11-19)18-16(20)15-10-17-9-12-5-2-3-7-14(12)15/h2-3,5,7,13,15,17H,4,6,8-11H2,1H3,(H,18,20). The van der Waals surface area contributed by atoms with Gasteiger partial charge in [0.25, 0.3) is 0 Å². The van der Waals surface area contributed by atoms with Crippen molar-refractivity contribution in [2.45, 2.75) is 31.3 Å². The van der Waals surface area contributed by atoms with Crippen LogP contribution in [0.2, 0.25) is 0 Å². The molecule has 1 aromatic rings. The average molecular weight is 273 g/mol. The van der Waals surface area contributed by atoms with Gasteiger partial charge in [-0.2, -0.15) is 0 Å². The van der Waals surface area contributed by atoms with Crippen molar-refractivity contribution in [2.24, 2.45) is 0 Å². The van der Waals surface area contributed by atoms with E-state index in [2.05, 4.69) is 34.7 Å². The van der Waals surface area contributed by atoms with Crippen LogP contribution < -0.4 is 10.6 Å². The molecule has 0 saturated carbocycles. The van der Waals surface area contributed by atoms with Gasteiger partial charge in [-0.05, 0) is 37.6 Å². The van der Waals surface area contributed by atoms with E-state index in [1.807, 2.05) is 12.1 Å². The number of amides is 1. The molecule has 2 unspecified atom stereocenters. The highest BCUT2D eigenvalue weighted by Gasteiger charge is 2.28. The van der Waals surface area contributed by atoms with Crippen molar-refractivity contribution in [3.63, 3.8) is 0 Å². The van der Waals surface area contributed by atoms with E-state index in [0.29, 0.717) is 6.04 Å². The fourth-order valence-corrected chi connectivity index (χ4v) is 3.32. The molecule has 4 heteroatoms. The Morgan fingerprint density at radius 1 is 1.40 bits per heavy atom. The van der Waals surface area contributed by atoms with Crippen molar-refractivity contribution in [3.8, 4) is 0 Å². The number of benzene rings is 1. The third-order valence-electron chi connectivity index (χ3n) is 4.38. The predicted octanol–water partition coefficient (Wildman–Crippen LogP) is 1.08. The number of hydrogen-bond acceptors (Lipinski definition) is 3. The second-order valence-electron chi connectivity index (χ2n) is 5.99. The Bertz CT molecular complexity index is 488. The van der Waals surface area contributed by atoms with Crippen molar-refractivity contribution < 1.29 is 4.79 Å². The van der Waals surface area contributed by atoms with Crippen molar-refractivity contribution in [1.82, 2.24) is 15.5 Å². The van der Waals surface area contributed by atoms with E-state index in [-0.39, 0.29) is 11.8 Å². The third kappa shape index (κ3) is 2.86. The topological polar surface area (TPSA) is 44.4 Å². The predicted molar refractivity (Wildman–Crippen MR) is 79.6 cm³/mol. The molecule has 1 saturated heterocycles. The zero-order chi connectivity index (χ0) is 13.9. The number of hydrogen-bond donors (Lipinski definition) is 2. The van der Waals surface area contributed by atoms with Crippen LogP contribution in [0.15, 0.2) is 24.3 Å². The van der Waals surface area contributed by atoms with Gasteiger partial charge >= 0.3 is 0 Å². The summed E-state index contributed by atoms with van der Waals surface area (Å²) in [5, 5.41) is 6.59. The Morgan fingerprint density at radius 3 is 3.10 bits per heavy atom. The van der Waals surface area contributed by atoms with Crippen LogP contribution in [-0.2, 0) is 11.3 Å². The molecule has 1 fully saturated rings. The van der Waals surface area contributed by atoms with Gasteiger partial charge in [0.15, 0.2) is 0 Å². The van der Waals surface area contributed by atoms with Crippen molar-refractivity contribution in [1.29, 1.82) is 0 Å². The first kappa shape index (κ1) is 13.6. The fraction of sp³-hybridized carbons (Fsp3) is 0.562. The third-order valence-corrected chi connectivity index (χ3v) is 4.38. The summed E-state index contributed by atoms with van der Waals surface area (Å²) in [6.07, 6.45) is 2.26. The summed E-state index contributed by atoms with van der Waals surface area (Å²) in [7, 11) is 2.12. The lowest BCUT2D eigenvalue weighted by Gasteiger charge is -2.32. The second-order valence-corrected chi connectivity index (χ2v) is 5.99. The number of fused-ring (bicyclic) bond motifs is 1. The Hall–Kier alpha value is -1.39. The van der Waals surface area contributed by atoms with Crippen LogP contribution in [0.1, 0.15) is 29.9 Å². The molecule has 4 nitrogen and oxygen atoms in total. The normalized spacial score (nSPS) is 26.9. The minimum atomic E-state index is -0.0489. The maximum atomic E-state index is 12.6. The summed E-state index contributed by atoms with van der Waals surface area (Å²) in [4.78, 5) is 14.9. The first-order valence-electron chi connectivity index (χ1n) is 7.51. The Kier molecular flexibility index (Phi) is 4.03. The van der Waals surface area contributed by atoms with Crippen molar-refractivity contribution >= 4 is 5.91 Å². The number of nitrogens with zero attached hydrogens (tertiary/aromatic N) is 1. The van der Waals surface area contributed by atoms with Crippen LogP contribution in [0.3, 0.4) is 0 Å². The summed E-state index contributed by atoms with van der Waals surface area (Å²) in [5.74, 6) is 0.122. The molecule has 0 aliphatic carbocycles. The highest BCUT2D eigenvalue weighted by molar-refractivity contribution is 5.85. The molecule has 1 aromatic carbocycles. The lowest BCUT2D eigenvalue weighted by Crippen LogP contribution is -2.49. The van der Waals surface area contributed by atoms with Gasteiger partial charge in [-0.25, -0.2) is 0 Å². The highest BCUT2D eigenvalue weighted by Crippen LogP contribution is 2.24. The van der Waals surface area contributed by atoms with Gasteiger partial charge in [0, 0.05) is 25.7 Å². The van der Waals surface area contributed by atoms with Gasteiger partial charge in [0.2, 0.25) is 5.91 Å². The minimum absolute atomic E-state index is 0.0489. The van der Waals surface area contributed by atoms with Crippen LogP contribution in [0.5, 0.6) is 0 Å². The van der Waals surface area contributed by atoms with Gasteiger partial charge in [0.05, 0.1) is 5.92 Å². The Labute approximate surface area is 120 Å². The van der Waals surface area contributed by atoms with E-state index < -0.39 is 0 Å². The minimum Gasteiger partial charge on any atom is -0.352 e. The smallest absolute Gasteiger partial charge is 0.229 e. The maximum Gasteiger partial charge on any atom is 0.229 e. The summed E-state index contributed by atoms with van der Waals surface area (Å²) in [6, 6.07) is 8.56. The lowest BCUT2D eigenvalue weighted by atomic mass is 9.90. The molecule has 0 bridgehead atoms. The summed E-state index contributed by atoms with van der Waals surface area (Å²) >= 11 is 0. The average Bonchev–Trinajstić information content (AvgIpc) is 2.46. The van der Waals surface area contributed by atoms with E-state index >= 15 is 0 Å². The van der Waals surface area contributed by atoms with E-state index in [9.17, 15) is 4.79 Å². The molecule has 2 aliphatic rings. The number of carbonyl (C=O) groups excluding carboxylic acids is 1. The molecule has 0 aromatic heterocycles. The van der Waals surface area contributed by atoms with E-state index in [1.54, 1.807) is 0 Å². The summed E-state index contributed by atoms with van der Waals surface area (Å²) in [6.45, 7) is 3.71. The highest BCUT2D eigenvalue weighted by atomic mass is 16.2. The molecule has 2 aliphatic heterocycles. The van der Waals surface area contributed by atoms with Gasteiger partial charge in [-0.3, -0.25) is 4.79 Å². The molecular formula is C16H23N3O. The van der Waals surface area contributed by atoms with E-state index in [0.717, 1.165) is 32.6 Å². The molecule has 108 valence electrons. The van der Waals surface area contributed by atoms with Gasteiger partial charge in [0.1, 0.15) is 0 Å². The Morgan fingerprint density at radius 2 is 2.25 bits per heavy atom. The zero-order valence-corrected chi connectivity index (χ0v) is 12.1. The van der Waals surface area contributed by atoms with Gasteiger partial charge in [-0.1, -0.05) is 24.3 Å². The summed E-state index contributed by atoms with van der Waals surface area (Å²) in [5.41, 5.74) is 2.44. The molecule has 0 spiro atoms. The lowest BCUT2D eigenvalue weighted by molar-refractivity contribution is -0.123. The number of carbonyl (C=O) groups is 1. The van der Waals surface area contributed by atoms with Crippen LogP contribution >= 0.6 is 0 Å². The first-order chi connectivity index (χ1) is 9.74. The SMILES string of the molecule is CN1CCCC(NC(=O)C2CNCc3ccccc32)C1. The van der Waals surface area contributed by atoms with Crippen LogP contribution in [0.25, 0.3) is 0 Å². The quantitative estimate of drug-likeness (QED) is 0.847. The monoisotopic (exact) mass is 273 g/mol. The van der Waals surface area contributed by atoms with E-state index in [1.165, 1.54) is 17.5 Å². The molecule has 1 amide bonds. The number of piperidine rings is 1. The molecule has 2 heterocycles. The molecule has 0 radical (unpaired) electrons. The number of likely N-dealkylation sites (tertiary alicyclic amines) is 1. The largest absolute Gasteiger partial charge is 0.352 e. The first-order valence-corrected chi connectivity index (χ1v) is 7.51. The van der Waals surface area contributed by atoms with E-state index in [4.69, 9.17) is 0 Å². The molecule has 20 heavy (non-hydrogen) atoms. The molecule has 2 atom stereocenters. The van der Waals surface area contributed by atoms with Crippen molar-refractivity contribution in [2.75, 3.05) is 26.7 Å². The molecular weight excluding hydrogens is 250 g/mol. The summed E-state index contributed by atoms with van der Waals surface area (Å²) < 4.78 is 0. The van der Waals surface area contributed by atoms with Crippen molar-refractivity contribution in [3.05, 3.63) is 35.4 Å². The number of rotatable bonds is 2.